The van der Waals surface area contributed by atoms with Crippen LogP contribution in [0.25, 0.3) is 0 Å². The second-order valence-corrected chi connectivity index (χ2v) is 6.01. The topological polar surface area (TPSA) is 20.2 Å². The molecule has 0 amide bonds. The highest BCUT2D eigenvalue weighted by Gasteiger charge is 2.19. The smallest absolute Gasteiger partial charge is 0.0847 e. The molecule has 56 valence electrons. The molecule has 0 aromatic rings. The van der Waals surface area contributed by atoms with Crippen molar-refractivity contribution in [3.63, 3.8) is 0 Å². The van der Waals surface area contributed by atoms with Crippen LogP contribution in [-0.4, -0.2) is 19.8 Å². The number of hydrogen-bond donors (Lipinski definition) is 1. The Morgan fingerprint density at radius 1 is 1.33 bits per heavy atom. The zero-order chi connectivity index (χ0) is 7.44. The monoisotopic (exact) mass is 322 g/mol. The SMILES string of the molecule is CCC(O)C(Br)C(Br)Br. The van der Waals surface area contributed by atoms with Gasteiger partial charge in [-0.1, -0.05) is 54.7 Å². The molecule has 0 aliphatic carbocycles. The largest absolute Gasteiger partial charge is 0.392 e. The first-order valence-corrected chi connectivity index (χ1v) is 5.44. The fraction of sp³-hybridized carbons (Fsp3) is 1.00. The average Bonchev–Trinajstić information content (AvgIpc) is 1.84. The maximum absolute atomic E-state index is 9.19. The molecular weight excluding hydrogens is 316 g/mol. The molecule has 4 heteroatoms. The number of rotatable bonds is 3. The van der Waals surface area contributed by atoms with Crippen molar-refractivity contribution in [2.45, 2.75) is 28.0 Å². The van der Waals surface area contributed by atoms with Gasteiger partial charge in [-0.25, -0.2) is 0 Å². The van der Waals surface area contributed by atoms with Gasteiger partial charge in [-0.15, -0.1) is 0 Å². The Balaban J connectivity index is 3.58. The normalized spacial score (nSPS) is 18.0. The van der Waals surface area contributed by atoms with E-state index in [1.165, 1.54) is 0 Å². The standard InChI is InChI=1S/C5H9Br3O/c1-2-3(9)4(6)5(7)8/h3-5,9H,2H2,1H3. The first-order chi connectivity index (χ1) is 4.09. The fourth-order valence-electron chi connectivity index (χ4n) is 0.393. The minimum atomic E-state index is -0.284. The highest BCUT2D eigenvalue weighted by atomic mass is 79.9. The molecule has 0 aliphatic rings. The van der Waals surface area contributed by atoms with E-state index < -0.39 is 0 Å². The number of hydrogen-bond acceptors (Lipinski definition) is 1. The quantitative estimate of drug-likeness (QED) is 0.791. The Kier molecular flexibility index (Phi) is 5.90. The van der Waals surface area contributed by atoms with Crippen LogP contribution in [0.4, 0.5) is 0 Å². The summed E-state index contributed by atoms with van der Waals surface area (Å²) >= 11 is 9.91. The van der Waals surface area contributed by atoms with E-state index in [0.717, 1.165) is 6.42 Å². The van der Waals surface area contributed by atoms with Gasteiger partial charge < -0.3 is 5.11 Å². The van der Waals surface area contributed by atoms with Crippen LogP contribution >= 0.6 is 47.8 Å². The Morgan fingerprint density at radius 2 is 1.78 bits per heavy atom. The number of halogens is 3. The molecule has 0 rings (SSSR count). The molecule has 1 nitrogen and oxygen atoms in total. The number of aliphatic hydroxyl groups is 1. The van der Waals surface area contributed by atoms with Crippen molar-refractivity contribution >= 4 is 47.8 Å². The van der Waals surface area contributed by atoms with Crippen LogP contribution in [0, 0.1) is 0 Å². The summed E-state index contributed by atoms with van der Waals surface area (Å²) in [5.74, 6) is 0. The van der Waals surface area contributed by atoms with E-state index >= 15 is 0 Å². The van der Waals surface area contributed by atoms with Gasteiger partial charge in [0.1, 0.15) is 0 Å². The highest BCUT2D eigenvalue weighted by Crippen LogP contribution is 2.24. The molecule has 0 aliphatic heterocycles. The molecule has 0 bridgehead atoms. The van der Waals surface area contributed by atoms with Gasteiger partial charge in [0.2, 0.25) is 0 Å². The molecule has 9 heavy (non-hydrogen) atoms. The lowest BCUT2D eigenvalue weighted by molar-refractivity contribution is 0.173. The van der Waals surface area contributed by atoms with Crippen LogP contribution < -0.4 is 0 Å². The van der Waals surface area contributed by atoms with Crippen LogP contribution in [0.3, 0.4) is 0 Å². The summed E-state index contributed by atoms with van der Waals surface area (Å²) in [6.45, 7) is 1.95. The second-order valence-electron chi connectivity index (χ2n) is 1.75. The predicted molar refractivity (Wildman–Crippen MR) is 50.7 cm³/mol. The van der Waals surface area contributed by atoms with Gasteiger partial charge in [0.15, 0.2) is 0 Å². The zero-order valence-corrected chi connectivity index (χ0v) is 9.78. The maximum atomic E-state index is 9.19. The van der Waals surface area contributed by atoms with E-state index in [-0.39, 0.29) is 14.7 Å². The summed E-state index contributed by atoms with van der Waals surface area (Å²) in [5.41, 5.74) is 0. The van der Waals surface area contributed by atoms with Gasteiger partial charge >= 0.3 is 0 Å². The van der Waals surface area contributed by atoms with Gasteiger partial charge in [-0.05, 0) is 6.42 Å². The van der Waals surface area contributed by atoms with Crippen molar-refractivity contribution in [3.05, 3.63) is 0 Å². The Morgan fingerprint density at radius 3 is 1.89 bits per heavy atom. The van der Waals surface area contributed by atoms with Crippen LogP contribution in [-0.2, 0) is 0 Å². The van der Waals surface area contributed by atoms with Crippen molar-refractivity contribution in [1.82, 2.24) is 0 Å². The van der Waals surface area contributed by atoms with Gasteiger partial charge in [0, 0.05) is 0 Å². The lowest BCUT2D eigenvalue weighted by atomic mass is 10.2. The Bertz CT molecular complexity index is 76.6. The molecule has 0 fully saturated rings. The number of aliphatic hydroxyl groups excluding tert-OH is 1. The van der Waals surface area contributed by atoms with E-state index in [1.54, 1.807) is 0 Å². The van der Waals surface area contributed by atoms with Gasteiger partial charge in [0.05, 0.1) is 14.7 Å². The molecular formula is C5H9Br3O. The lowest BCUT2D eigenvalue weighted by Gasteiger charge is -2.15. The van der Waals surface area contributed by atoms with Crippen LogP contribution in [0.1, 0.15) is 13.3 Å². The van der Waals surface area contributed by atoms with E-state index in [9.17, 15) is 5.11 Å². The van der Waals surface area contributed by atoms with Crippen molar-refractivity contribution in [2.75, 3.05) is 0 Å². The third-order valence-electron chi connectivity index (χ3n) is 1.03. The molecule has 0 saturated carbocycles. The Hall–Kier alpha value is 1.40. The van der Waals surface area contributed by atoms with Gasteiger partial charge in [-0.3, -0.25) is 0 Å². The maximum Gasteiger partial charge on any atom is 0.0847 e. The molecule has 0 saturated heterocycles. The summed E-state index contributed by atoms with van der Waals surface area (Å²) in [5, 5.41) is 9.19. The summed E-state index contributed by atoms with van der Waals surface area (Å²) in [4.78, 5) is 0.0856. The van der Waals surface area contributed by atoms with E-state index in [1.807, 2.05) is 6.92 Å². The minimum Gasteiger partial charge on any atom is -0.392 e. The second kappa shape index (κ2) is 5.10. The number of alkyl halides is 3. The van der Waals surface area contributed by atoms with Crippen LogP contribution in [0.5, 0.6) is 0 Å². The molecule has 0 aromatic carbocycles. The van der Waals surface area contributed by atoms with E-state index in [2.05, 4.69) is 47.8 Å². The first-order valence-electron chi connectivity index (χ1n) is 2.69. The predicted octanol–water partition coefficient (Wildman–Crippen LogP) is 2.64. The van der Waals surface area contributed by atoms with E-state index in [4.69, 9.17) is 0 Å². The molecule has 1 N–H and O–H groups in total. The molecule has 2 atom stereocenters. The van der Waals surface area contributed by atoms with Gasteiger partial charge in [0.25, 0.3) is 0 Å². The molecule has 0 radical (unpaired) electrons. The van der Waals surface area contributed by atoms with Gasteiger partial charge in [-0.2, -0.15) is 0 Å². The third-order valence-corrected chi connectivity index (χ3v) is 4.72. The lowest BCUT2D eigenvalue weighted by Crippen LogP contribution is -2.24. The van der Waals surface area contributed by atoms with E-state index in [0.29, 0.717) is 0 Å². The molecule has 0 aromatic heterocycles. The zero-order valence-electron chi connectivity index (χ0n) is 5.02. The van der Waals surface area contributed by atoms with Crippen molar-refractivity contribution in [1.29, 1.82) is 0 Å². The highest BCUT2D eigenvalue weighted by molar-refractivity contribution is 9.25. The molecule has 0 heterocycles. The average molecular weight is 325 g/mol. The molecule has 0 spiro atoms. The van der Waals surface area contributed by atoms with Crippen LogP contribution in [0.2, 0.25) is 0 Å². The summed E-state index contributed by atoms with van der Waals surface area (Å²) in [6.07, 6.45) is 0.484. The summed E-state index contributed by atoms with van der Waals surface area (Å²) < 4.78 is 0.139. The van der Waals surface area contributed by atoms with Crippen LogP contribution in [0.15, 0.2) is 0 Å². The fourth-order valence-corrected chi connectivity index (χ4v) is 1.47. The van der Waals surface area contributed by atoms with Crippen molar-refractivity contribution < 1.29 is 5.11 Å². The summed E-state index contributed by atoms with van der Waals surface area (Å²) in [6, 6.07) is 0. The molecule has 2 unspecified atom stereocenters. The third kappa shape index (κ3) is 3.96. The summed E-state index contributed by atoms with van der Waals surface area (Å²) in [7, 11) is 0. The van der Waals surface area contributed by atoms with Crippen molar-refractivity contribution in [3.8, 4) is 0 Å². The first kappa shape index (κ1) is 10.4. The minimum absolute atomic E-state index is 0.0856. The Labute approximate surface area is 80.6 Å². The van der Waals surface area contributed by atoms with Crippen molar-refractivity contribution in [2.24, 2.45) is 0 Å².